The maximum absolute atomic E-state index is 13.5. The molecule has 0 spiro atoms. The lowest BCUT2D eigenvalue weighted by Gasteiger charge is -2.23. The Hall–Kier alpha value is -3.98. The van der Waals surface area contributed by atoms with Crippen LogP contribution in [0.4, 0.5) is 5.69 Å². The Morgan fingerprint density at radius 3 is 2.22 bits per heavy atom. The average molecular weight is 576 g/mol. The van der Waals surface area contributed by atoms with Gasteiger partial charge in [0.15, 0.2) is 0 Å². The fourth-order valence-electron chi connectivity index (χ4n) is 3.64. The number of aliphatic imine (C=N–C) groups is 2. The minimum atomic E-state index is -0.734. The predicted octanol–water partition coefficient (Wildman–Crippen LogP) is 5.76. The molecule has 2 aromatic rings. The third kappa shape index (κ3) is 10.8. The molecule has 0 aromatic heterocycles. The number of nitrogens with one attached hydrogen (secondary N) is 2. The van der Waals surface area contributed by atoms with Crippen LogP contribution in [-0.4, -0.2) is 59.6 Å². The summed E-state index contributed by atoms with van der Waals surface area (Å²) in [6.07, 6.45) is 5.11. The largest absolute Gasteiger partial charge is 0.344 e. The minimum absolute atomic E-state index is 0.104. The number of hydrogen-bond donors (Lipinski definition) is 2. The molecule has 0 heterocycles. The third-order valence-corrected chi connectivity index (χ3v) is 7.10. The number of allylic oxidation sites excluding steroid dienone is 1. The Labute approximate surface area is 248 Å². The van der Waals surface area contributed by atoms with Crippen LogP contribution < -0.4 is 10.6 Å². The van der Waals surface area contributed by atoms with Crippen molar-refractivity contribution in [2.45, 2.75) is 57.9 Å². The molecule has 9 heteroatoms. The average Bonchev–Trinajstić information content (AvgIpc) is 2.97. The monoisotopic (exact) mass is 575 g/mol. The van der Waals surface area contributed by atoms with Gasteiger partial charge in [0.25, 0.3) is 0 Å². The van der Waals surface area contributed by atoms with Crippen LogP contribution >= 0.6 is 11.8 Å². The van der Waals surface area contributed by atoms with Gasteiger partial charge in [-0.05, 0) is 64.0 Å². The van der Waals surface area contributed by atoms with Gasteiger partial charge < -0.3 is 15.5 Å². The first-order valence-corrected chi connectivity index (χ1v) is 14.5. The molecule has 0 fully saturated rings. The van der Waals surface area contributed by atoms with Crippen molar-refractivity contribution in [3.8, 4) is 0 Å². The van der Waals surface area contributed by atoms with Crippen molar-refractivity contribution in [1.82, 2.24) is 10.2 Å². The van der Waals surface area contributed by atoms with Crippen molar-refractivity contribution in [3.63, 3.8) is 0 Å². The van der Waals surface area contributed by atoms with Crippen LogP contribution in [0.25, 0.3) is 0 Å². The number of hydrogen-bond acceptors (Lipinski definition) is 6. The van der Waals surface area contributed by atoms with Crippen molar-refractivity contribution in [1.29, 1.82) is 0 Å². The fourth-order valence-corrected chi connectivity index (χ4v) is 4.68. The lowest BCUT2D eigenvalue weighted by molar-refractivity contribution is -0.128. The lowest BCUT2D eigenvalue weighted by Crippen LogP contribution is -2.43. The van der Waals surface area contributed by atoms with Gasteiger partial charge in [0.2, 0.25) is 17.7 Å². The number of nitrogens with zero attached hydrogens (tertiary/aromatic N) is 3. The Morgan fingerprint density at radius 1 is 0.976 bits per heavy atom. The zero-order valence-corrected chi connectivity index (χ0v) is 25.5. The molecule has 2 aromatic carbocycles. The molecule has 3 atom stereocenters. The molecule has 41 heavy (non-hydrogen) atoms. The summed E-state index contributed by atoms with van der Waals surface area (Å²) < 4.78 is 0. The fraction of sp³-hybridized carbons (Fsp3) is 0.344. The number of amides is 3. The molecule has 3 amide bonds. The van der Waals surface area contributed by atoms with Crippen LogP contribution in [-0.2, 0) is 14.4 Å². The van der Waals surface area contributed by atoms with Crippen LogP contribution in [0.15, 0.2) is 89.5 Å². The number of rotatable bonds is 14. The molecule has 218 valence electrons. The van der Waals surface area contributed by atoms with Crippen molar-refractivity contribution in [2.24, 2.45) is 9.98 Å². The van der Waals surface area contributed by atoms with Gasteiger partial charge in [-0.3, -0.25) is 24.4 Å². The van der Waals surface area contributed by atoms with E-state index in [4.69, 9.17) is 0 Å². The van der Waals surface area contributed by atoms with Crippen molar-refractivity contribution < 1.29 is 14.4 Å². The summed E-state index contributed by atoms with van der Waals surface area (Å²) in [6.45, 7) is 13.4. The number of carbonyl (C=O) groups is 3. The Balaban J connectivity index is 2.12. The smallest absolute Gasteiger partial charge is 0.246 e. The summed E-state index contributed by atoms with van der Waals surface area (Å²) in [6, 6.07) is 15.9. The van der Waals surface area contributed by atoms with Gasteiger partial charge in [0, 0.05) is 25.0 Å². The molecule has 0 aliphatic rings. The molecule has 2 rings (SSSR count). The molecular weight excluding hydrogens is 534 g/mol. The van der Waals surface area contributed by atoms with Gasteiger partial charge in [-0.15, -0.1) is 0 Å². The summed E-state index contributed by atoms with van der Waals surface area (Å²) >= 11 is 1.33. The molecule has 0 saturated heterocycles. The van der Waals surface area contributed by atoms with Gasteiger partial charge in [0.05, 0.1) is 23.7 Å². The maximum atomic E-state index is 13.5. The Morgan fingerprint density at radius 2 is 1.63 bits per heavy atom. The minimum Gasteiger partial charge on any atom is -0.344 e. The summed E-state index contributed by atoms with van der Waals surface area (Å²) in [4.78, 5) is 49.3. The zero-order chi connectivity index (χ0) is 30.4. The Kier molecular flexibility index (Phi) is 13.8. The number of anilines is 1. The van der Waals surface area contributed by atoms with Gasteiger partial charge in [-0.25, -0.2) is 0 Å². The lowest BCUT2D eigenvalue weighted by atomic mass is 10.0. The van der Waals surface area contributed by atoms with Crippen molar-refractivity contribution in [3.05, 3.63) is 90.7 Å². The summed E-state index contributed by atoms with van der Waals surface area (Å²) in [5.41, 5.74) is 4.59. The molecular formula is C32H41N5O3S. The SMILES string of the molecule is C=CC(CN(C)C(=O)C(SC=NC(C)C)c1ccc(NC(=O)[C@H](C)NC(=O)C(C)c2ccccc2)cc1)=N/C=C\C. The highest BCUT2D eigenvalue weighted by atomic mass is 32.2. The van der Waals surface area contributed by atoms with Crippen LogP contribution in [0.5, 0.6) is 0 Å². The van der Waals surface area contributed by atoms with E-state index < -0.39 is 11.3 Å². The van der Waals surface area contributed by atoms with Crippen molar-refractivity contribution >= 4 is 46.4 Å². The second-order valence-electron chi connectivity index (χ2n) is 9.84. The van der Waals surface area contributed by atoms with E-state index in [1.54, 1.807) is 55.8 Å². The summed E-state index contributed by atoms with van der Waals surface area (Å²) in [5, 5.41) is 5.08. The summed E-state index contributed by atoms with van der Waals surface area (Å²) in [5.74, 6) is -1.06. The highest BCUT2D eigenvalue weighted by molar-refractivity contribution is 8.12. The van der Waals surface area contributed by atoms with Gasteiger partial charge in [0.1, 0.15) is 11.3 Å². The second-order valence-corrected chi connectivity index (χ2v) is 10.8. The van der Waals surface area contributed by atoms with E-state index in [1.807, 2.05) is 69.3 Å². The Bertz CT molecular complexity index is 1260. The van der Waals surface area contributed by atoms with E-state index in [9.17, 15) is 14.4 Å². The topological polar surface area (TPSA) is 103 Å². The van der Waals surface area contributed by atoms with Crippen LogP contribution in [0.3, 0.4) is 0 Å². The van der Waals surface area contributed by atoms with Crippen molar-refractivity contribution in [2.75, 3.05) is 18.9 Å². The molecule has 0 saturated carbocycles. The molecule has 2 N–H and O–H groups in total. The third-order valence-electron chi connectivity index (χ3n) is 6.11. The molecule has 2 unspecified atom stereocenters. The van der Waals surface area contributed by atoms with E-state index in [0.29, 0.717) is 17.9 Å². The van der Waals surface area contributed by atoms with Crippen LogP contribution in [0, 0.1) is 0 Å². The highest BCUT2D eigenvalue weighted by Gasteiger charge is 2.25. The molecule has 8 nitrogen and oxygen atoms in total. The van der Waals surface area contributed by atoms with Crippen LogP contribution in [0.2, 0.25) is 0 Å². The number of benzene rings is 2. The number of likely N-dealkylation sites (N-methyl/N-ethyl adjacent to an activating group) is 1. The maximum Gasteiger partial charge on any atom is 0.246 e. The van der Waals surface area contributed by atoms with E-state index in [0.717, 1.165) is 11.1 Å². The van der Waals surface area contributed by atoms with Gasteiger partial charge >= 0.3 is 0 Å². The van der Waals surface area contributed by atoms with E-state index in [2.05, 4.69) is 27.2 Å². The predicted molar refractivity (Wildman–Crippen MR) is 172 cm³/mol. The van der Waals surface area contributed by atoms with Gasteiger partial charge in [-0.2, -0.15) is 0 Å². The van der Waals surface area contributed by atoms with Gasteiger partial charge in [-0.1, -0.05) is 66.9 Å². The normalized spacial score (nSPS) is 14.1. The quantitative estimate of drug-likeness (QED) is 0.221. The number of carbonyl (C=O) groups excluding carboxylic acids is 3. The molecule has 0 aliphatic heterocycles. The van der Waals surface area contributed by atoms with E-state index in [1.165, 1.54) is 11.8 Å². The standard InChI is InChI=1S/C32H41N5O3S/c1-8-19-33-27(9-2)20-37(7)32(40)29(41-21-34-22(3)4)26-15-17-28(18-16-26)36-31(39)24(6)35-30(38)23(5)25-13-11-10-12-14-25/h8-19,21-24,29H,2,20H2,1,3-7H3,(H,35,38)(H,36,39)/b19-8-,33-27?,34-21?/t23?,24-,29?/m0/s1. The zero-order valence-electron chi connectivity index (χ0n) is 24.7. The van der Waals surface area contributed by atoms with Crippen LogP contribution in [0.1, 0.15) is 56.9 Å². The molecule has 0 bridgehead atoms. The first-order chi connectivity index (χ1) is 19.6. The highest BCUT2D eigenvalue weighted by Crippen LogP contribution is 2.30. The van der Waals surface area contributed by atoms with E-state index >= 15 is 0 Å². The van der Waals surface area contributed by atoms with E-state index in [-0.39, 0.29) is 29.7 Å². The molecule has 0 radical (unpaired) electrons. The summed E-state index contributed by atoms with van der Waals surface area (Å²) in [7, 11) is 1.73. The first-order valence-electron chi connectivity index (χ1n) is 13.6. The second kappa shape index (κ2) is 17.0. The molecule has 0 aliphatic carbocycles. The number of thioether (sulfide) groups is 1. The first kappa shape index (κ1) is 33.2.